The first-order valence-corrected chi connectivity index (χ1v) is 19.6. The third-order valence-electron chi connectivity index (χ3n) is 11.9. The third-order valence-corrected chi connectivity index (χ3v) is 11.9. The Kier molecular flexibility index (Phi) is 7.52. The van der Waals surface area contributed by atoms with Crippen LogP contribution in [-0.4, -0.2) is 15.0 Å². The molecule has 0 spiro atoms. The van der Waals surface area contributed by atoms with Crippen molar-refractivity contribution in [3.05, 3.63) is 199 Å². The van der Waals surface area contributed by atoms with Gasteiger partial charge in [0.25, 0.3) is 0 Å². The average Bonchev–Trinajstić information content (AvgIpc) is 3.51. The first-order chi connectivity index (χ1) is 28.0. The first-order valence-electron chi connectivity index (χ1n) is 19.6. The van der Waals surface area contributed by atoms with Crippen molar-refractivity contribution in [2.75, 3.05) is 0 Å². The van der Waals surface area contributed by atoms with E-state index < -0.39 is 0 Å². The number of fused-ring (bicyclic) bond motifs is 9. The quantitative estimate of drug-likeness (QED) is 0.166. The highest BCUT2D eigenvalue weighted by Gasteiger charge is 2.35. The van der Waals surface area contributed by atoms with Crippen LogP contribution in [0.1, 0.15) is 25.0 Å². The summed E-state index contributed by atoms with van der Waals surface area (Å²) in [6, 6.07) is 67.5. The number of hydrogen-bond acceptors (Lipinski definition) is 3. The van der Waals surface area contributed by atoms with Gasteiger partial charge in [0.1, 0.15) is 0 Å². The van der Waals surface area contributed by atoms with Crippen LogP contribution in [0.2, 0.25) is 0 Å². The molecule has 1 heterocycles. The molecule has 3 heteroatoms. The predicted octanol–water partition coefficient (Wildman–Crippen LogP) is 14.0. The van der Waals surface area contributed by atoms with Crippen LogP contribution >= 0.6 is 0 Å². The summed E-state index contributed by atoms with van der Waals surface area (Å²) in [4.78, 5) is 14.8. The summed E-state index contributed by atoms with van der Waals surface area (Å²) in [6.07, 6.45) is 0. The minimum atomic E-state index is -0.0438. The number of rotatable bonds is 5. The molecule has 57 heavy (non-hydrogen) atoms. The molecule has 0 N–H and O–H groups in total. The maximum atomic E-state index is 4.95. The van der Waals surface area contributed by atoms with Crippen molar-refractivity contribution in [2.24, 2.45) is 0 Å². The summed E-state index contributed by atoms with van der Waals surface area (Å²) in [6.45, 7) is 4.70. The van der Waals surface area contributed by atoms with Gasteiger partial charge in [0.05, 0.1) is 0 Å². The van der Waals surface area contributed by atoms with Crippen LogP contribution in [-0.2, 0) is 5.41 Å². The molecular formula is C54H37N3. The largest absolute Gasteiger partial charge is 0.208 e. The van der Waals surface area contributed by atoms with Crippen LogP contribution in [0.3, 0.4) is 0 Å². The summed E-state index contributed by atoms with van der Waals surface area (Å²) in [7, 11) is 0. The highest BCUT2D eigenvalue weighted by Crippen LogP contribution is 2.50. The molecule has 0 saturated heterocycles. The second-order valence-corrected chi connectivity index (χ2v) is 15.6. The fourth-order valence-corrected chi connectivity index (χ4v) is 8.95. The van der Waals surface area contributed by atoms with Crippen LogP contribution in [0.5, 0.6) is 0 Å². The Morgan fingerprint density at radius 2 is 0.667 bits per heavy atom. The zero-order valence-electron chi connectivity index (χ0n) is 31.7. The normalized spacial score (nSPS) is 12.9. The second kappa shape index (κ2) is 12.9. The minimum Gasteiger partial charge on any atom is -0.208 e. The van der Waals surface area contributed by atoms with Gasteiger partial charge in [0, 0.05) is 22.1 Å². The lowest BCUT2D eigenvalue weighted by Gasteiger charge is -2.22. The van der Waals surface area contributed by atoms with Crippen molar-refractivity contribution in [3.8, 4) is 67.5 Å². The topological polar surface area (TPSA) is 38.7 Å². The van der Waals surface area contributed by atoms with Gasteiger partial charge in [-0.05, 0) is 95.0 Å². The molecule has 0 aliphatic heterocycles. The summed E-state index contributed by atoms with van der Waals surface area (Å²) in [5.41, 5.74) is 13.1. The van der Waals surface area contributed by atoms with E-state index >= 15 is 0 Å². The van der Waals surface area contributed by atoms with Crippen molar-refractivity contribution < 1.29 is 0 Å². The van der Waals surface area contributed by atoms with Gasteiger partial charge in [0.2, 0.25) is 0 Å². The Morgan fingerprint density at radius 1 is 0.281 bits per heavy atom. The van der Waals surface area contributed by atoms with E-state index in [-0.39, 0.29) is 5.41 Å². The van der Waals surface area contributed by atoms with Gasteiger partial charge in [-0.25, -0.2) is 15.0 Å². The number of nitrogens with zero attached hydrogens (tertiary/aromatic N) is 3. The number of aromatic nitrogens is 3. The van der Waals surface area contributed by atoms with Gasteiger partial charge in [-0.2, -0.15) is 0 Å². The number of benzene rings is 9. The monoisotopic (exact) mass is 727 g/mol. The molecule has 0 amide bonds. The van der Waals surface area contributed by atoms with Crippen LogP contribution in [0.15, 0.2) is 188 Å². The van der Waals surface area contributed by atoms with Crippen molar-refractivity contribution in [3.63, 3.8) is 0 Å². The van der Waals surface area contributed by atoms with Gasteiger partial charge in [-0.1, -0.05) is 184 Å². The van der Waals surface area contributed by atoms with Gasteiger partial charge in [-0.15, -0.1) is 0 Å². The molecule has 0 bridgehead atoms. The second-order valence-electron chi connectivity index (χ2n) is 15.6. The zero-order valence-corrected chi connectivity index (χ0v) is 31.7. The molecule has 0 fully saturated rings. The van der Waals surface area contributed by atoms with E-state index in [9.17, 15) is 0 Å². The molecule has 1 aliphatic rings. The lowest BCUT2D eigenvalue weighted by atomic mass is 9.81. The summed E-state index contributed by atoms with van der Waals surface area (Å²) in [5.74, 6) is 1.97. The molecule has 1 aromatic heterocycles. The third kappa shape index (κ3) is 5.46. The lowest BCUT2D eigenvalue weighted by molar-refractivity contribution is 0.660. The molecular weight excluding hydrogens is 691 g/mol. The maximum Gasteiger partial charge on any atom is 0.164 e. The van der Waals surface area contributed by atoms with Crippen molar-refractivity contribution in [1.29, 1.82) is 0 Å². The van der Waals surface area contributed by atoms with Gasteiger partial charge < -0.3 is 0 Å². The average molecular weight is 728 g/mol. The Hall–Kier alpha value is -7.23. The smallest absolute Gasteiger partial charge is 0.164 e. The number of hydrogen-bond donors (Lipinski definition) is 0. The molecule has 11 rings (SSSR count). The fourth-order valence-electron chi connectivity index (χ4n) is 8.95. The Morgan fingerprint density at radius 3 is 1.28 bits per heavy atom. The van der Waals surface area contributed by atoms with Gasteiger partial charge in [-0.3, -0.25) is 0 Å². The van der Waals surface area contributed by atoms with Gasteiger partial charge in [0.15, 0.2) is 17.5 Å². The van der Waals surface area contributed by atoms with E-state index in [4.69, 9.17) is 15.0 Å². The summed E-state index contributed by atoms with van der Waals surface area (Å²) >= 11 is 0. The van der Waals surface area contributed by atoms with Crippen LogP contribution in [0.25, 0.3) is 99.9 Å². The molecule has 0 radical (unpaired) electrons. The summed E-state index contributed by atoms with van der Waals surface area (Å²) < 4.78 is 0. The highest BCUT2D eigenvalue weighted by atomic mass is 15.0. The summed E-state index contributed by atoms with van der Waals surface area (Å²) in [5, 5.41) is 7.57. The maximum absolute atomic E-state index is 4.95. The molecule has 10 aromatic rings. The van der Waals surface area contributed by atoms with Crippen molar-refractivity contribution in [2.45, 2.75) is 19.3 Å². The van der Waals surface area contributed by atoms with Crippen molar-refractivity contribution >= 4 is 32.3 Å². The predicted molar refractivity (Wildman–Crippen MR) is 237 cm³/mol. The van der Waals surface area contributed by atoms with E-state index in [1.165, 1.54) is 71.3 Å². The van der Waals surface area contributed by atoms with E-state index in [1.807, 2.05) is 60.7 Å². The SMILES string of the molecule is CC1(C)c2ccccc2-c2ccc(-c3ccc4c5cc(-c6ccc(-c7nc(-c8ccccc8)nc(-c8ccccc8)n7)cc6)ccc5c5ccccc5c4c3)cc21. The lowest BCUT2D eigenvalue weighted by Crippen LogP contribution is -2.14. The fraction of sp³-hybridized carbons (Fsp3) is 0.0556. The highest BCUT2D eigenvalue weighted by molar-refractivity contribution is 6.26. The van der Waals surface area contributed by atoms with E-state index in [2.05, 4.69) is 141 Å². The van der Waals surface area contributed by atoms with Crippen LogP contribution < -0.4 is 0 Å². The molecule has 1 aliphatic carbocycles. The van der Waals surface area contributed by atoms with Crippen LogP contribution in [0.4, 0.5) is 0 Å². The first kappa shape index (κ1) is 33.1. The Labute approximate surface area is 332 Å². The minimum absolute atomic E-state index is 0.0438. The molecule has 0 saturated carbocycles. The van der Waals surface area contributed by atoms with E-state index in [0.717, 1.165) is 22.3 Å². The molecule has 0 atom stereocenters. The Balaban J connectivity index is 0.997. The van der Waals surface area contributed by atoms with E-state index in [1.54, 1.807) is 0 Å². The van der Waals surface area contributed by atoms with E-state index in [0.29, 0.717) is 17.5 Å². The van der Waals surface area contributed by atoms with Crippen LogP contribution in [0, 0.1) is 0 Å². The standard InChI is InChI=1S/C54H37N3/c1-54(2)49-20-12-11-19-45(49)46-30-27-40(33-50(46)54)39-26-29-44-47(32-39)42-18-10-9-17-41(42)43-28-25-38(31-48(43)44)34-21-23-37(24-22-34)53-56-51(35-13-5-3-6-14-35)55-52(57-53)36-15-7-4-8-16-36/h3-33H,1-2H3. The Bertz CT molecular complexity index is 3130. The molecule has 0 unspecified atom stereocenters. The molecule has 268 valence electrons. The zero-order chi connectivity index (χ0) is 38.1. The molecule has 9 aromatic carbocycles. The molecule has 3 nitrogen and oxygen atoms in total. The van der Waals surface area contributed by atoms with Gasteiger partial charge >= 0.3 is 0 Å². The van der Waals surface area contributed by atoms with Crippen molar-refractivity contribution in [1.82, 2.24) is 15.0 Å².